The summed E-state index contributed by atoms with van der Waals surface area (Å²) in [7, 11) is 0. The van der Waals surface area contributed by atoms with Crippen LogP contribution in [-0.4, -0.2) is 87.5 Å². The topological polar surface area (TPSA) is 149 Å². The van der Waals surface area contributed by atoms with Crippen molar-refractivity contribution in [3.8, 4) is 0 Å². The van der Waals surface area contributed by atoms with Crippen molar-refractivity contribution >= 4 is 5.91 Å². The highest BCUT2D eigenvalue weighted by Gasteiger charge is 2.44. The molecule has 332 valence electrons. The number of amides is 1. The summed E-state index contributed by atoms with van der Waals surface area (Å²) in [5.41, 5.74) is 0. The molecule has 7 atom stereocenters. The molecular formula is C47H91NO8. The van der Waals surface area contributed by atoms with Gasteiger partial charge >= 0.3 is 0 Å². The molecule has 1 heterocycles. The van der Waals surface area contributed by atoms with E-state index >= 15 is 0 Å². The number of nitrogens with one attached hydrogen (secondary N) is 1. The Hall–Kier alpha value is -1.07. The number of hydrogen-bond donors (Lipinski definition) is 6. The molecule has 1 rings (SSSR count). The van der Waals surface area contributed by atoms with Crippen LogP contribution < -0.4 is 5.32 Å². The van der Waals surface area contributed by atoms with E-state index in [1.807, 2.05) is 6.08 Å². The Morgan fingerprint density at radius 1 is 0.589 bits per heavy atom. The molecule has 9 nitrogen and oxygen atoms in total. The van der Waals surface area contributed by atoms with E-state index in [9.17, 15) is 30.3 Å². The average Bonchev–Trinajstić information content (AvgIpc) is 3.20. The first kappa shape index (κ1) is 52.9. The minimum atomic E-state index is -1.56. The highest BCUT2D eigenvalue weighted by Crippen LogP contribution is 2.23. The molecule has 0 aromatic rings. The summed E-state index contributed by atoms with van der Waals surface area (Å²) in [4.78, 5) is 13.0. The van der Waals surface area contributed by atoms with Gasteiger partial charge in [-0.05, 0) is 19.3 Å². The fourth-order valence-electron chi connectivity index (χ4n) is 7.75. The van der Waals surface area contributed by atoms with Gasteiger partial charge in [0, 0.05) is 6.42 Å². The highest BCUT2D eigenvalue weighted by atomic mass is 16.7. The molecule has 1 aliphatic heterocycles. The third kappa shape index (κ3) is 28.4. The van der Waals surface area contributed by atoms with Crippen molar-refractivity contribution in [2.24, 2.45) is 0 Å². The molecule has 0 saturated carbocycles. The predicted molar refractivity (Wildman–Crippen MR) is 231 cm³/mol. The average molecular weight is 798 g/mol. The highest BCUT2D eigenvalue weighted by molar-refractivity contribution is 5.76. The zero-order valence-electron chi connectivity index (χ0n) is 36.4. The van der Waals surface area contributed by atoms with E-state index in [2.05, 4.69) is 19.2 Å². The summed E-state index contributed by atoms with van der Waals surface area (Å²) >= 11 is 0. The van der Waals surface area contributed by atoms with Crippen molar-refractivity contribution in [1.82, 2.24) is 5.32 Å². The lowest BCUT2D eigenvalue weighted by Gasteiger charge is -2.40. The largest absolute Gasteiger partial charge is 0.394 e. The van der Waals surface area contributed by atoms with Gasteiger partial charge in [0.1, 0.15) is 24.4 Å². The molecule has 0 radical (unpaired) electrons. The number of allylic oxidation sites excluding steroid dienone is 1. The first-order chi connectivity index (χ1) is 27.3. The molecule has 0 aromatic heterocycles. The molecule has 1 aliphatic rings. The number of rotatable bonds is 40. The standard InChI is InChI=1S/C47H91NO8/c1-3-5-7-9-11-13-15-17-18-19-20-21-22-23-24-25-27-29-31-33-35-37-43(51)48-40(39-55-47-46(54)45(53)44(52)42(38-49)56-47)41(50)36-34-32-30-28-26-16-14-12-10-8-6-4-2/h34,36,40-42,44-47,49-50,52-54H,3-33,35,37-39H2,1-2H3,(H,48,51)/b36-34+/t40-,41+,42+,44-,45?,46?,47+/m0/s1. The molecule has 1 saturated heterocycles. The summed E-state index contributed by atoms with van der Waals surface area (Å²) < 4.78 is 11.2. The van der Waals surface area contributed by atoms with Crippen LogP contribution in [0.4, 0.5) is 0 Å². The van der Waals surface area contributed by atoms with Crippen LogP contribution in [0.1, 0.15) is 226 Å². The molecule has 0 aliphatic carbocycles. The molecular weight excluding hydrogens is 707 g/mol. The third-order valence-electron chi connectivity index (χ3n) is 11.6. The van der Waals surface area contributed by atoms with Crippen LogP contribution in [0.5, 0.6) is 0 Å². The maximum absolute atomic E-state index is 13.0. The van der Waals surface area contributed by atoms with Crippen molar-refractivity contribution in [2.45, 2.75) is 269 Å². The van der Waals surface area contributed by atoms with Crippen LogP contribution in [-0.2, 0) is 14.3 Å². The minimum Gasteiger partial charge on any atom is -0.394 e. The maximum atomic E-state index is 13.0. The smallest absolute Gasteiger partial charge is 0.220 e. The van der Waals surface area contributed by atoms with E-state index in [1.165, 1.54) is 167 Å². The van der Waals surface area contributed by atoms with Crippen LogP contribution >= 0.6 is 0 Å². The Balaban J connectivity index is 2.27. The molecule has 6 N–H and O–H groups in total. The number of hydrogen-bond acceptors (Lipinski definition) is 8. The van der Waals surface area contributed by atoms with Crippen LogP contribution in [0.15, 0.2) is 12.2 Å². The number of aliphatic hydroxyl groups excluding tert-OH is 5. The molecule has 1 fully saturated rings. The summed E-state index contributed by atoms with van der Waals surface area (Å²) in [6, 6.07) is -0.797. The lowest BCUT2D eigenvalue weighted by molar-refractivity contribution is -0.302. The summed E-state index contributed by atoms with van der Waals surface area (Å²) in [5.74, 6) is -0.174. The van der Waals surface area contributed by atoms with Crippen molar-refractivity contribution < 1.29 is 39.8 Å². The quantitative estimate of drug-likeness (QED) is 0.0265. The lowest BCUT2D eigenvalue weighted by atomic mass is 9.99. The van der Waals surface area contributed by atoms with Gasteiger partial charge < -0.3 is 40.3 Å². The van der Waals surface area contributed by atoms with E-state index in [0.29, 0.717) is 6.42 Å². The molecule has 56 heavy (non-hydrogen) atoms. The number of carbonyl (C=O) groups excluding carboxylic acids is 1. The van der Waals surface area contributed by atoms with Crippen molar-refractivity contribution in [2.75, 3.05) is 13.2 Å². The fraction of sp³-hybridized carbons (Fsp3) is 0.936. The number of aliphatic hydroxyl groups is 5. The van der Waals surface area contributed by atoms with Crippen LogP contribution in [0.2, 0.25) is 0 Å². The van der Waals surface area contributed by atoms with Gasteiger partial charge in [-0.1, -0.05) is 212 Å². The van der Waals surface area contributed by atoms with Crippen LogP contribution in [0.3, 0.4) is 0 Å². The van der Waals surface area contributed by atoms with Crippen LogP contribution in [0, 0.1) is 0 Å². The number of ether oxygens (including phenoxy) is 2. The molecule has 9 heteroatoms. The van der Waals surface area contributed by atoms with E-state index in [-0.39, 0.29) is 12.5 Å². The predicted octanol–water partition coefficient (Wildman–Crippen LogP) is 10.1. The molecule has 0 spiro atoms. The normalized spacial score (nSPS) is 21.2. The maximum Gasteiger partial charge on any atom is 0.220 e. The first-order valence-electron chi connectivity index (χ1n) is 23.9. The van der Waals surface area contributed by atoms with Gasteiger partial charge in [-0.3, -0.25) is 4.79 Å². The fourth-order valence-corrected chi connectivity index (χ4v) is 7.75. The second-order valence-corrected chi connectivity index (χ2v) is 16.9. The van der Waals surface area contributed by atoms with Gasteiger partial charge in [-0.15, -0.1) is 0 Å². The van der Waals surface area contributed by atoms with E-state index < -0.39 is 49.5 Å². The lowest BCUT2D eigenvalue weighted by Crippen LogP contribution is -2.60. The summed E-state index contributed by atoms with van der Waals surface area (Å²) in [6.45, 7) is 3.78. The number of carbonyl (C=O) groups is 1. The summed E-state index contributed by atoms with van der Waals surface area (Å²) in [6.07, 6.45) is 36.9. The van der Waals surface area contributed by atoms with Gasteiger partial charge in [0.15, 0.2) is 6.29 Å². The van der Waals surface area contributed by atoms with Gasteiger partial charge in [0.05, 0.1) is 25.4 Å². The van der Waals surface area contributed by atoms with E-state index in [1.54, 1.807) is 6.08 Å². The molecule has 0 bridgehead atoms. The van der Waals surface area contributed by atoms with Gasteiger partial charge in [0.25, 0.3) is 0 Å². The Bertz CT molecular complexity index is 888. The number of unbranched alkanes of at least 4 members (excludes halogenated alkanes) is 30. The zero-order valence-corrected chi connectivity index (χ0v) is 36.4. The van der Waals surface area contributed by atoms with Gasteiger partial charge in [0.2, 0.25) is 5.91 Å². The van der Waals surface area contributed by atoms with Crippen LogP contribution in [0.25, 0.3) is 0 Å². The first-order valence-corrected chi connectivity index (χ1v) is 23.9. The van der Waals surface area contributed by atoms with E-state index in [0.717, 1.165) is 38.5 Å². The van der Waals surface area contributed by atoms with Crippen molar-refractivity contribution in [3.63, 3.8) is 0 Å². The Labute approximate surface area is 344 Å². The second kappa shape index (κ2) is 38.2. The SMILES string of the molecule is CCCCCCCCCCCC/C=C/[C@@H](O)[C@H](CO[C@@H]1O[C@H](CO)[C@H](O)C(O)C1O)NC(=O)CCCCCCCCCCCCCCCCCCCCCCC. The third-order valence-corrected chi connectivity index (χ3v) is 11.6. The Morgan fingerprint density at radius 2 is 0.982 bits per heavy atom. The molecule has 0 aromatic carbocycles. The van der Waals surface area contributed by atoms with Crippen molar-refractivity contribution in [1.29, 1.82) is 0 Å². The monoisotopic (exact) mass is 798 g/mol. The molecule has 2 unspecified atom stereocenters. The molecule has 1 amide bonds. The zero-order chi connectivity index (χ0) is 40.9. The van der Waals surface area contributed by atoms with E-state index in [4.69, 9.17) is 9.47 Å². The van der Waals surface area contributed by atoms with Crippen molar-refractivity contribution in [3.05, 3.63) is 12.2 Å². The minimum absolute atomic E-state index is 0.174. The van der Waals surface area contributed by atoms with Gasteiger partial charge in [-0.25, -0.2) is 0 Å². The summed E-state index contributed by atoms with van der Waals surface area (Å²) in [5, 5.41) is 54.2. The second-order valence-electron chi connectivity index (χ2n) is 16.9. The Morgan fingerprint density at radius 3 is 1.39 bits per heavy atom. The van der Waals surface area contributed by atoms with Gasteiger partial charge in [-0.2, -0.15) is 0 Å². The Kier molecular flexibility index (Phi) is 36.1.